The van der Waals surface area contributed by atoms with E-state index in [1.807, 2.05) is 29.3 Å². The normalized spacial score (nSPS) is 20.3. The minimum Gasteiger partial charge on any atom is -0.361 e. The predicted molar refractivity (Wildman–Crippen MR) is 102 cm³/mol. The molecule has 2 aliphatic heterocycles. The first-order valence-electron chi connectivity index (χ1n) is 9.65. The van der Waals surface area contributed by atoms with E-state index in [0.717, 1.165) is 67.1 Å². The van der Waals surface area contributed by atoms with Crippen LogP contribution >= 0.6 is 0 Å². The van der Waals surface area contributed by atoms with Gasteiger partial charge in [-0.1, -0.05) is 18.2 Å². The number of benzene rings is 1. The summed E-state index contributed by atoms with van der Waals surface area (Å²) in [6, 6.07) is 8.19. The first-order valence-corrected chi connectivity index (χ1v) is 9.65. The number of hydrogen-bond donors (Lipinski definition) is 1. The molecule has 0 spiro atoms. The van der Waals surface area contributed by atoms with Crippen LogP contribution in [0, 0.1) is 0 Å². The molecule has 1 amide bonds. The van der Waals surface area contributed by atoms with Crippen LogP contribution < -0.4 is 0 Å². The summed E-state index contributed by atoms with van der Waals surface area (Å²) in [5, 5.41) is 10.00. The van der Waals surface area contributed by atoms with Crippen LogP contribution in [0.15, 0.2) is 30.5 Å². The molecule has 0 unspecified atom stereocenters. The average Bonchev–Trinajstić information content (AvgIpc) is 3.39. The van der Waals surface area contributed by atoms with Crippen molar-refractivity contribution in [2.75, 3.05) is 20.1 Å². The molecule has 0 bridgehead atoms. The molecule has 0 radical (unpaired) electrons. The minimum atomic E-state index is 0.0485. The highest BCUT2D eigenvalue weighted by molar-refractivity contribution is 5.89. The van der Waals surface area contributed by atoms with Crippen molar-refractivity contribution in [1.29, 1.82) is 0 Å². The third-order valence-corrected chi connectivity index (χ3v) is 5.86. The van der Waals surface area contributed by atoms with Crippen molar-refractivity contribution in [3.63, 3.8) is 0 Å². The van der Waals surface area contributed by atoms with Crippen molar-refractivity contribution < 1.29 is 4.79 Å². The van der Waals surface area contributed by atoms with Crippen molar-refractivity contribution in [3.8, 4) is 0 Å². The summed E-state index contributed by atoms with van der Waals surface area (Å²) in [7, 11) is 2.10. The largest absolute Gasteiger partial charge is 0.361 e. The summed E-state index contributed by atoms with van der Waals surface area (Å²) in [5.74, 6) is 2.14. The minimum absolute atomic E-state index is 0.0485. The Morgan fingerprint density at radius 2 is 2.11 bits per heavy atom. The molecule has 27 heavy (non-hydrogen) atoms. The SMILES string of the molecule is CN1CCn2c(nnc2[C@H]2CCCN2C(=O)Cc2c[nH]c3ccccc23)C1. The van der Waals surface area contributed by atoms with Crippen molar-refractivity contribution in [1.82, 2.24) is 29.5 Å². The van der Waals surface area contributed by atoms with E-state index in [1.165, 1.54) is 0 Å². The van der Waals surface area contributed by atoms with E-state index >= 15 is 0 Å². The Hall–Kier alpha value is -2.67. The number of fused-ring (bicyclic) bond motifs is 2. The van der Waals surface area contributed by atoms with Gasteiger partial charge >= 0.3 is 0 Å². The Morgan fingerprint density at radius 3 is 3.04 bits per heavy atom. The maximum atomic E-state index is 13.1. The van der Waals surface area contributed by atoms with Crippen LogP contribution in [0.4, 0.5) is 0 Å². The van der Waals surface area contributed by atoms with E-state index in [4.69, 9.17) is 0 Å². The van der Waals surface area contributed by atoms with E-state index < -0.39 is 0 Å². The topological polar surface area (TPSA) is 70.1 Å². The Bertz CT molecular complexity index is 989. The number of likely N-dealkylation sites (tertiary alicyclic amines) is 1. The second kappa shape index (κ2) is 6.49. The van der Waals surface area contributed by atoms with E-state index in [-0.39, 0.29) is 11.9 Å². The molecule has 1 fully saturated rings. The molecule has 0 saturated carbocycles. The third-order valence-electron chi connectivity index (χ3n) is 5.86. The Labute approximate surface area is 158 Å². The number of carbonyl (C=O) groups excluding carboxylic acids is 1. The number of amides is 1. The van der Waals surface area contributed by atoms with Gasteiger partial charge in [0.05, 0.1) is 19.0 Å². The van der Waals surface area contributed by atoms with Gasteiger partial charge in [-0.2, -0.15) is 0 Å². The zero-order valence-electron chi connectivity index (χ0n) is 15.6. The van der Waals surface area contributed by atoms with Gasteiger partial charge in [0.1, 0.15) is 5.82 Å². The van der Waals surface area contributed by atoms with Crippen LogP contribution in [0.1, 0.15) is 36.1 Å². The first-order chi connectivity index (χ1) is 13.2. The van der Waals surface area contributed by atoms with E-state index in [9.17, 15) is 4.79 Å². The van der Waals surface area contributed by atoms with Gasteiger partial charge in [-0.05, 0) is 31.5 Å². The molecule has 3 aromatic rings. The fourth-order valence-electron chi connectivity index (χ4n) is 4.42. The third kappa shape index (κ3) is 2.82. The number of nitrogens with one attached hydrogen (secondary N) is 1. The molecule has 0 aliphatic carbocycles. The van der Waals surface area contributed by atoms with E-state index in [2.05, 4.69) is 37.8 Å². The molecule has 1 atom stereocenters. The van der Waals surface area contributed by atoms with Crippen molar-refractivity contribution in [2.45, 2.75) is 38.4 Å². The summed E-state index contributed by atoms with van der Waals surface area (Å²) in [6.07, 6.45) is 4.37. The lowest BCUT2D eigenvalue weighted by atomic mass is 10.1. The highest BCUT2D eigenvalue weighted by Gasteiger charge is 2.35. The Morgan fingerprint density at radius 1 is 1.22 bits per heavy atom. The molecule has 7 heteroatoms. The van der Waals surface area contributed by atoms with Crippen LogP contribution in [0.25, 0.3) is 10.9 Å². The molecule has 140 valence electrons. The van der Waals surface area contributed by atoms with Crippen LogP contribution in [0.3, 0.4) is 0 Å². The lowest BCUT2D eigenvalue weighted by Crippen LogP contribution is -2.35. The van der Waals surface area contributed by atoms with E-state index in [1.54, 1.807) is 0 Å². The van der Waals surface area contributed by atoms with Crippen molar-refractivity contribution in [3.05, 3.63) is 47.7 Å². The van der Waals surface area contributed by atoms with Crippen molar-refractivity contribution in [2.24, 2.45) is 0 Å². The predicted octanol–water partition coefficient (Wildman–Crippen LogP) is 2.11. The van der Waals surface area contributed by atoms with Crippen molar-refractivity contribution >= 4 is 16.8 Å². The molecular weight excluding hydrogens is 340 g/mol. The van der Waals surface area contributed by atoms with Crippen LogP contribution in [0.2, 0.25) is 0 Å². The maximum absolute atomic E-state index is 13.1. The van der Waals surface area contributed by atoms with Gasteiger partial charge in [0.2, 0.25) is 5.91 Å². The fraction of sp³-hybridized carbons (Fsp3) is 0.450. The van der Waals surface area contributed by atoms with Gasteiger partial charge in [-0.25, -0.2) is 0 Å². The molecule has 2 aromatic heterocycles. The van der Waals surface area contributed by atoms with E-state index in [0.29, 0.717) is 6.42 Å². The molecular formula is C20H24N6O. The zero-order chi connectivity index (χ0) is 18.4. The smallest absolute Gasteiger partial charge is 0.227 e. The number of para-hydroxylation sites is 1. The summed E-state index contributed by atoms with van der Waals surface area (Å²) >= 11 is 0. The molecule has 2 aliphatic rings. The van der Waals surface area contributed by atoms with Gasteiger partial charge in [0.15, 0.2) is 5.82 Å². The number of rotatable bonds is 3. The lowest BCUT2D eigenvalue weighted by molar-refractivity contribution is -0.131. The standard InChI is InChI=1S/C20H24N6O/c1-24-9-10-26-18(13-24)22-23-20(26)17-7-4-8-25(17)19(27)11-14-12-21-16-6-3-2-5-15(14)16/h2-3,5-6,12,17,21H,4,7-11,13H2,1H3/t17-/m1/s1. The number of aromatic nitrogens is 4. The highest BCUT2D eigenvalue weighted by atomic mass is 16.2. The lowest BCUT2D eigenvalue weighted by Gasteiger charge is -2.28. The number of aromatic amines is 1. The Kier molecular flexibility index (Phi) is 3.97. The number of nitrogens with zero attached hydrogens (tertiary/aromatic N) is 5. The summed E-state index contributed by atoms with van der Waals surface area (Å²) in [6.45, 7) is 3.51. The molecule has 7 nitrogen and oxygen atoms in total. The maximum Gasteiger partial charge on any atom is 0.227 e. The van der Waals surface area contributed by atoms with Gasteiger partial charge in [-0.15, -0.1) is 10.2 Å². The fourth-order valence-corrected chi connectivity index (χ4v) is 4.42. The van der Waals surface area contributed by atoms with Gasteiger partial charge in [0, 0.05) is 36.7 Å². The zero-order valence-corrected chi connectivity index (χ0v) is 15.6. The second-order valence-electron chi connectivity index (χ2n) is 7.65. The number of carbonyl (C=O) groups is 1. The number of hydrogen-bond acceptors (Lipinski definition) is 4. The number of H-pyrrole nitrogens is 1. The molecule has 5 rings (SSSR count). The van der Waals surface area contributed by atoms with Crippen LogP contribution in [-0.2, 0) is 24.3 Å². The summed E-state index contributed by atoms with van der Waals surface area (Å²) in [5.41, 5.74) is 2.14. The second-order valence-corrected chi connectivity index (χ2v) is 7.65. The van der Waals surface area contributed by atoms with Crippen LogP contribution in [0.5, 0.6) is 0 Å². The molecule has 1 saturated heterocycles. The van der Waals surface area contributed by atoms with Gasteiger partial charge in [-0.3, -0.25) is 9.69 Å². The monoisotopic (exact) mass is 364 g/mol. The highest BCUT2D eigenvalue weighted by Crippen LogP contribution is 2.33. The molecule has 1 N–H and O–H groups in total. The van der Waals surface area contributed by atoms with Crippen LogP contribution in [-0.4, -0.2) is 55.6 Å². The number of likely N-dealkylation sites (N-methyl/N-ethyl adjacent to an activating group) is 1. The summed E-state index contributed by atoms with van der Waals surface area (Å²) in [4.78, 5) is 20.7. The summed E-state index contributed by atoms with van der Waals surface area (Å²) < 4.78 is 2.22. The molecule has 4 heterocycles. The van der Waals surface area contributed by atoms with Gasteiger partial charge in [0.25, 0.3) is 0 Å². The molecule has 1 aromatic carbocycles. The van der Waals surface area contributed by atoms with Gasteiger partial charge < -0.3 is 14.5 Å². The quantitative estimate of drug-likeness (QED) is 0.773. The average molecular weight is 364 g/mol. The Balaban J connectivity index is 1.39. The first kappa shape index (κ1) is 16.5.